The summed E-state index contributed by atoms with van der Waals surface area (Å²) in [5, 5.41) is 7.01. The lowest BCUT2D eigenvalue weighted by Gasteiger charge is -2.18. The molecule has 2 aromatic carbocycles. The van der Waals surface area contributed by atoms with Crippen LogP contribution in [0.3, 0.4) is 0 Å². The van der Waals surface area contributed by atoms with Crippen LogP contribution >= 0.6 is 11.6 Å². The minimum atomic E-state index is -0.732. The third kappa shape index (κ3) is 6.67. The number of nitrogens with zero attached hydrogens (tertiary/aromatic N) is 2. The molecule has 4 N–H and O–H groups in total. The highest BCUT2D eigenvalue weighted by Crippen LogP contribution is 2.11. The van der Waals surface area contributed by atoms with Gasteiger partial charge >= 0.3 is 0 Å². The van der Waals surface area contributed by atoms with Gasteiger partial charge in [-0.25, -0.2) is 4.98 Å². The van der Waals surface area contributed by atoms with Crippen molar-refractivity contribution in [3.05, 3.63) is 93.0 Å². The molecule has 0 saturated carbocycles. The van der Waals surface area contributed by atoms with Crippen LogP contribution in [0, 0.1) is 6.92 Å². The number of benzene rings is 2. The van der Waals surface area contributed by atoms with Crippen LogP contribution in [0.1, 0.15) is 16.8 Å². The molecular weight excluding hydrogens is 426 g/mol. The molecule has 3 rings (SSSR count). The zero-order valence-corrected chi connectivity index (χ0v) is 18.8. The van der Waals surface area contributed by atoms with Crippen LogP contribution in [0.25, 0.3) is 0 Å². The van der Waals surface area contributed by atoms with E-state index in [-0.39, 0.29) is 11.4 Å². The van der Waals surface area contributed by atoms with E-state index in [4.69, 9.17) is 17.3 Å². The minimum absolute atomic E-state index is 0.120. The van der Waals surface area contributed by atoms with Gasteiger partial charge in [0, 0.05) is 36.4 Å². The Labute approximate surface area is 192 Å². The second-order valence-electron chi connectivity index (χ2n) is 7.62. The first kappa shape index (κ1) is 23.5. The van der Waals surface area contributed by atoms with Gasteiger partial charge in [0.25, 0.3) is 5.56 Å². The van der Waals surface area contributed by atoms with E-state index in [9.17, 15) is 9.59 Å². The first-order valence-corrected chi connectivity index (χ1v) is 10.9. The van der Waals surface area contributed by atoms with Gasteiger partial charge in [-0.2, -0.15) is 0 Å². The number of hydrogen-bond acceptors (Lipinski definition) is 5. The van der Waals surface area contributed by atoms with Crippen molar-refractivity contribution in [1.82, 2.24) is 14.9 Å². The van der Waals surface area contributed by atoms with Crippen LogP contribution in [0.2, 0.25) is 5.02 Å². The van der Waals surface area contributed by atoms with E-state index in [1.165, 1.54) is 0 Å². The Bertz CT molecular complexity index is 1100. The van der Waals surface area contributed by atoms with Crippen molar-refractivity contribution in [2.75, 3.05) is 18.4 Å². The van der Waals surface area contributed by atoms with Crippen molar-refractivity contribution in [3.8, 4) is 0 Å². The molecule has 0 aliphatic carbocycles. The smallest absolute Gasteiger partial charge is 0.293 e. The van der Waals surface area contributed by atoms with Gasteiger partial charge in [-0.05, 0) is 43.1 Å². The van der Waals surface area contributed by atoms with Crippen LogP contribution in [-0.2, 0) is 24.2 Å². The molecule has 0 spiro atoms. The minimum Gasteiger partial charge on any atom is -0.368 e. The van der Waals surface area contributed by atoms with E-state index in [1.54, 1.807) is 10.8 Å². The Balaban J connectivity index is 1.60. The summed E-state index contributed by atoms with van der Waals surface area (Å²) in [7, 11) is 0. The fourth-order valence-corrected chi connectivity index (χ4v) is 3.64. The highest BCUT2D eigenvalue weighted by molar-refractivity contribution is 6.30. The Morgan fingerprint density at radius 3 is 2.59 bits per heavy atom. The molecule has 0 saturated heterocycles. The molecule has 0 aliphatic heterocycles. The largest absolute Gasteiger partial charge is 0.368 e. The van der Waals surface area contributed by atoms with Crippen molar-refractivity contribution >= 4 is 23.3 Å². The van der Waals surface area contributed by atoms with Gasteiger partial charge in [-0.1, -0.05) is 54.1 Å². The predicted octanol–water partition coefficient (Wildman–Crippen LogP) is 2.55. The number of hydrogen-bond donors (Lipinski definition) is 3. The standard InChI is InChI=1S/C24H28ClN5O2/c1-17-16-28-23(29-21(22(26)31)15-18-6-3-2-4-7-18)24(32)30(17)13-12-27-11-10-19-8-5-9-20(25)14-19/h2-9,14,16,21,27H,10-13,15H2,1H3,(H2,26,31)(H,28,29). The third-order valence-corrected chi connectivity index (χ3v) is 5.42. The number of rotatable bonds is 11. The second kappa shape index (κ2) is 11.5. The molecule has 1 aromatic heterocycles. The van der Waals surface area contributed by atoms with Crippen LogP contribution < -0.4 is 21.9 Å². The number of amides is 1. The summed E-state index contributed by atoms with van der Waals surface area (Å²) in [6, 6.07) is 16.5. The molecule has 1 heterocycles. The van der Waals surface area contributed by atoms with E-state index in [2.05, 4.69) is 15.6 Å². The maximum absolute atomic E-state index is 13.0. The summed E-state index contributed by atoms with van der Waals surface area (Å²) in [6.45, 7) is 3.70. The maximum Gasteiger partial charge on any atom is 0.293 e. The number of carbonyl (C=O) groups excluding carboxylic acids is 1. The predicted molar refractivity (Wildman–Crippen MR) is 128 cm³/mol. The average Bonchev–Trinajstić information content (AvgIpc) is 2.77. The van der Waals surface area contributed by atoms with Gasteiger partial charge in [0.05, 0.1) is 0 Å². The van der Waals surface area contributed by atoms with Gasteiger partial charge in [0.15, 0.2) is 5.82 Å². The quantitative estimate of drug-likeness (QED) is 0.387. The van der Waals surface area contributed by atoms with Crippen molar-refractivity contribution < 1.29 is 4.79 Å². The van der Waals surface area contributed by atoms with Crippen LogP contribution in [-0.4, -0.2) is 34.6 Å². The number of nitrogens with one attached hydrogen (secondary N) is 2. The highest BCUT2D eigenvalue weighted by atomic mass is 35.5. The Hall–Kier alpha value is -3.16. The summed E-state index contributed by atoms with van der Waals surface area (Å²) in [6.07, 6.45) is 2.84. The van der Waals surface area contributed by atoms with Crippen LogP contribution in [0.5, 0.6) is 0 Å². The average molecular weight is 454 g/mol. The summed E-state index contributed by atoms with van der Waals surface area (Å²) >= 11 is 6.02. The van der Waals surface area contributed by atoms with Crippen molar-refractivity contribution in [3.63, 3.8) is 0 Å². The zero-order valence-electron chi connectivity index (χ0n) is 18.1. The number of anilines is 1. The molecule has 0 aliphatic rings. The molecule has 8 heteroatoms. The molecule has 1 atom stereocenters. The van der Waals surface area contributed by atoms with E-state index >= 15 is 0 Å². The van der Waals surface area contributed by atoms with E-state index < -0.39 is 11.9 Å². The van der Waals surface area contributed by atoms with Gasteiger partial charge in [0.1, 0.15) is 6.04 Å². The first-order valence-electron chi connectivity index (χ1n) is 10.6. The first-order chi connectivity index (χ1) is 15.4. The van der Waals surface area contributed by atoms with Crippen molar-refractivity contribution in [2.45, 2.75) is 32.4 Å². The van der Waals surface area contributed by atoms with Crippen molar-refractivity contribution in [1.29, 1.82) is 0 Å². The number of aromatic nitrogens is 2. The Kier molecular flexibility index (Phi) is 8.41. The summed E-state index contributed by atoms with van der Waals surface area (Å²) in [5.41, 5.74) is 8.14. The number of carbonyl (C=O) groups is 1. The van der Waals surface area contributed by atoms with Crippen LogP contribution in [0.4, 0.5) is 5.82 Å². The van der Waals surface area contributed by atoms with Gasteiger partial charge < -0.3 is 20.9 Å². The topological polar surface area (TPSA) is 102 Å². The van der Waals surface area contributed by atoms with E-state index in [0.29, 0.717) is 19.5 Å². The second-order valence-corrected chi connectivity index (χ2v) is 8.06. The summed E-state index contributed by atoms with van der Waals surface area (Å²) in [4.78, 5) is 29.1. The monoisotopic (exact) mass is 453 g/mol. The third-order valence-electron chi connectivity index (χ3n) is 5.18. The number of nitrogens with two attached hydrogens (primary N) is 1. The number of primary amides is 1. The number of halogens is 1. The number of aryl methyl sites for hydroxylation is 1. The lowest BCUT2D eigenvalue weighted by Crippen LogP contribution is -2.40. The van der Waals surface area contributed by atoms with Gasteiger partial charge in [-0.3, -0.25) is 9.59 Å². The van der Waals surface area contributed by atoms with Crippen LogP contribution in [0.15, 0.2) is 65.6 Å². The normalized spacial score (nSPS) is 11.8. The molecule has 0 radical (unpaired) electrons. The molecule has 1 unspecified atom stereocenters. The van der Waals surface area contributed by atoms with E-state index in [1.807, 2.05) is 61.5 Å². The maximum atomic E-state index is 13.0. The Morgan fingerprint density at radius 1 is 1.12 bits per heavy atom. The van der Waals surface area contributed by atoms with E-state index in [0.717, 1.165) is 34.8 Å². The SMILES string of the molecule is Cc1cnc(NC(Cc2ccccc2)C(N)=O)c(=O)n1CCNCCc1cccc(Cl)c1. The lowest BCUT2D eigenvalue weighted by atomic mass is 10.1. The summed E-state index contributed by atoms with van der Waals surface area (Å²) in [5.74, 6) is -0.417. The fraction of sp³-hybridized carbons (Fsp3) is 0.292. The highest BCUT2D eigenvalue weighted by Gasteiger charge is 2.19. The molecule has 3 aromatic rings. The summed E-state index contributed by atoms with van der Waals surface area (Å²) < 4.78 is 1.64. The molecule has 0 fully saturated rings. The van der Waals surface area contributed by atoms with Gasteiger partial charge in [-0.15, -0.1) is 0 Å². The lowest BCUT2D eigenvalue weighted by molar-refractivity contribution is -0.118. The molecule has 168 valence electrons. The Morgan fingerprint density at radius 2 is 1.88 bits per heavy atom. The van der Waals surface area contributed by atoms with Gasteiger partial charge in [0.2, 0.25) is 5.91 Å². The fourth-order valence-electron chi connectivity index (χ4n) is 3.43. The molecule has 1 amide bonds. The molecule has 32 heavy (non-hydrogen) atoms. The van der Waals surface area contributed by atoms with Crippen molar-refractivity contribution in [2.24, 2.45) is 5.73 Å². The molecule has 7 nitrogen and oxygen atoms in total. The molecule has 0 bridgehead atoms. The zero-order chi connectivity index (χ0) is 22.9. The molecular formula is C24H28ClN5O2.